The van der Waals surface area contributed by atoms with Gasteiger partial charge in [0.2, 0.25) is 5.91 Å². The number of nitrogens with one attached hydrogen (secondary N) is 2. The van der Waals surface area contributed by atoms with Crippen molar-refractivity contribution in [3.8, 4) is 11.3 Å². The summed E-state index contributed by atoms with van der Waals surface area (Å²) >= 11 is 0. The highest BCUT2D eigenvalue weighted by Gasteiger charge is 2.17. The van der Waals surface area contributed by atoms with E-state index in [1.807, 2.05) is 18.0 Å². The SMILES string of the molecule is CN[C@@H](C)C(=O)Nc1ccc(-c2ccc(F)cc2)n(Cc2cncc(N(C)c3ccc(F)cc3)c2)c1=O. The topological polar surface area (TPSA) is 79.3 Å². The lowest BCUT2D eigenvalue weighted by molar-refractivity contribution is -0.117. The Labute approximate surface area is 213 Å². The maximum Gasteiger partial charge on any atom is 0.275 e. The number of halogens is 2. The van der Waals surface area contributed by atoms with Crippen LogP contribution in [0.1, 0.15) is 12.5 Å². The van der Waals surface area contributed by atoms with Crippen molar-refractivity contribution in [1.29, 1.82) is 0 Å². The van der Waals surface area contributed by atoms with Crippen LogP contribution in [0.2, 0.25) is 0 Å². The summed E-state index contributed by atoms with van der Waals surface area (Å²) in [6.07, 6.45) is 3.32. The van der Waals surface area contributed by atoms with E-state index in [0.29, 0.717) is 11.3 Å². The average molecular weight is 504 g/mol. The molecule has 2 N–H and O–H groups in total. The van der Waals surface area contributed by atoms with Crippen LogP contribution in [0, 0.1) is 11.6 Å². The molecule has 2 aromatic heterocycles. The molecule has 0 saturated carbocycles. The first-order valence-electron chi connectivity index (χ1n) is 11.7. The molecule has 0 aliphatic heterocycles. The Bertz CT molecular complexity index is 1450. The van der Waals surface area contributed by atoms with Crippen LogP contribution >= 0.6 is 0 Å². The van der Waals surface area contributed by atoms with Gasteiger partial charge >= 0.3 is 0 Å². The van der Waals surface area contributed by atoms with Gasteiger partial charge in [-0.3, -0.25) is 14.6 Å². The summed E-state index contributed by atoms with van der Waals surface area (Å²) in [7, 11) is 3.49. The quantitative estimate of drug-likeness (QED) is 0.369. The molecular formula is C28H27F2N5O2. The third kappa shape index (κ3) is 5.90. The van der Waals surface area contributed by atoms with Gasteiger partial charge in [0.15, 0.2) is 0 Å². The summed E-state index contributed by atoms with van der Waals surface area (Å²) < 4.78 is 28.5. The van der Waals surface area contributed by atoms with E-state index in [1.54, 1.807) is 62.8 Å². The number of rotatable bonds is 8. The van der Waals surface area contributed by atoms with Crippen molar-refractivity contribution in [3.05, 3.63) is 107 Å². The van der Waals surface area contributed by atoms with Crippen LogP contribution in [0.15, 0.2) is 83.9 Å². The Morgan fingerprint density at radius 3 is 2.27 bits per heavy atom. The highest BCUT2D eigenvalue weighted by atomic mass is 19.1. The predicted octanol–water partition coefficient (Wildman–Crippen LogP) is 4.55. The Morgan fingerprint density at radius 2 is 1.62 bits per heavy atom. The van der Waals surface area contributed by atoms with Crippen LogP contribution in [0.4, 0.5) is 25.8 Å². The van der Waals surface area contributed by atoms with Gasteiger partial charge in [0.05, 0.1) is 30.2 Å². The molecule has 2 heterocycles. The van der Waals surface area contributed by atoms with Gasteiger partial charge < -0.3 is 20.1 Å². The zero-order chi connectivity index (χ0) is 26.5. The van der Waals surface area contributed by atoms with Gasteiger partial charge in [-0.2, -0.15) is 0 Å². The Balaban J connectivity index is 1.73. The van der Waals surface area contributed by atoms with Crippen molar-refractivity contribution < 1.29 is 13.6 Å². The Morgan fingerprint density at radius 1 is 0.973 bits per heavy atom. The Kier molecular flexibility index (Phi) is 7.74. The first-order valence-corrected chi connectivity index (χ1v) is 11.7. The van der Waals surface area contributed by atoms with Crippen LogP contribution in [-0.4, -0.2) is 35.6 Å². The molecule has 0 radical (unpaired) electrons. The zero-order valence-electron chi connectivity index (χ0n) is 20.7. The lowest BCUT2D eigenvalue weighted by Crippen LogP contribution is -2.37. The number of aromatic nitrogens is 2. The van der Waals surface area contributed by atoms with E-state index in [1.165, 1.54) is 28.8 Å². The second-order valence-electron chi connectivity index (χ2n) is 8.62. The van der Waals surface area contributed by atoms with Gasteiger partial charge in [-0.15, -0.1) is 0 Å². The van der Waals surface area contributed by atoms with E-state index >= 15 is 0 Å². The summed E-state index contributed by atoms with van der Waals surface area (Å²) in [6.45, 7) is 1.84. The molecule has 0 unspecified atom stereocenters. The highest BCUT2D eigenvalue weighted by molar-refractivity contribution is 5.94. The first-order chi connectivity index (χ1) is 17.8. The number of hydrogen-bond donors (Lipinski definition) is 2. The smallest absolute Gasteiger partial charge is 0.275 e. The van der Waals surface area contributed by atoms with E-state index in [4.69, 9.17) is 0 Å². The Hall–Kier alpha value is -4.37. The van der Waals surface area contributed by atoms with Gasteiger partial charge in [-0.05, 0) is 91.8 Å². The lowest BCUT2D eigenvalue weighted by atomic mass is 10.1. The summed E-state index contributed by atoms with van der Waals surface area (Å²) in [5.41, 5.74) is 3.17. The van der Waals surface area contributed by atoms with Crippen molar-refractivity contribution >= 4 is 23.0 Å². The van der Waals surface area contributed by atoms with E-state index in [-0.39, 0.29) is 29.8 Å². The van der Waals surface area contributed by atoms with Gasteiger partial charge in [-0.25, -0.2) is 8.78 Å². The molecule has 1 amide bonds. The summed E-state index contributed by atoms with van der Waals surface area (Å²) in [4.78, 5) is 32.2. The summed E-state index contributed by atoms with van der Waals surface area (Å²) in [5.74, 6) is -1.05. The number of carbonyl (C=O) groups excluding carboxylic acids is 1. The number of carbonyl (C=O) groups is 1. The average Bonchev–Trinajstić information content (AvgIpc) is 2.91. The third-order valence-electron chi connectivity index (χ3n) is 6.12. The van der Waals surface area contributed by atoms with Crippen LogP contribution in [-0.2, 0) is 11.3 Å². The molecule has 4 rings (SSSR count). The fourth-order valence-corrected chi connectivity index (χ4v) is 3.82. The van der Waals surface area contributed by atoms with Crippen LogP contribution in [0.5, 0.6) is 0 Å². The van der Waals surface area contributed by atoms with Crippen molar-refractivity contribution in [2.75, 3.05) is 24.3 Å². The minimum atomic E-state index is -0.493. The van der Waals surface area contributed by atoms with Crippen molar-refractivity contribution in [2.45, 2.75) is 19.5 Å². The minimum absolute atomic E-state index is 0.130. The normalized spacial score (nSPS) is 11.7. The van der Waals surface area contributed by atoms with Gasteiger partial charge in [0.1, 0.15) is 17.3 Å². The molecule has 9 heteroatoms. The monoisotopic (exact) mass is 503 g/mol. The van der Waals surface area contributed by atoms with Crippen LogP contribution < -0.4 is 21.1 Å². The molecule has 7 nitrogen and oxygen atoms in total. The number of anilines is 3. The zero-order valence-corrected chi connectivity index (χ0v) is 20.7. The number of hydrogen-bond acceptors (Lipinski definition) is 5. The first kappa shape index (κ1) is 25.7. The highest BCUT2D eigenvalue weighted by Crippen LogP contribution is 2.25. The fraction of sp³-hybridized carbons (Fsp3) is 0.179. The van der Waals surface area contributed by atoms with Crippen molar-refractivity contribution in [1.82, 2.24) is 14.9 Å². The van der Waals surface area contributed by atoms with E-state index in [2.05, 4.69) is 15.6 Å². The number of likely N-dealkylation sites (N-methyl/N-ethyl adjacent to an activating group) is 1. The number of pyridine rings is 2. The van der Waals surface area contributed by atoms with E-state index < -0.39 is 11.6 Å². The van der Waals surface area contributed by atoms with Crippen LogP contribution in [0.3, 0.4) is 0 Å². The number of nitrogens with zero attached hydrogens (tertiary/aromatic N) is 3. The van der Waals surface area contributed by atoms with E-state index in [9.17, 15) is 18.4 Å². The third-order valence-corrected chi connectivity index (χ3v) is 6.12. The number of amides is 1. The molecule has 190 valence electrons. The second kappa shape index (κ2) is 11.1. The van der Waals surface area contributed by atoms with Crippen LogP contribution in [0.25, 0.3) is 11.3 Å². The molecule has 4 aromatic rings. The van der Waals surface area contributed by atoms with Crippen molar-refractivity contribution in [2.24, 2.45) is 0 Å². The number of benzene rings is 2. The molecule has 0 aliphatic rings. The lowest BCUT2D eigenvalue weighted by Gasteiger charge is -2.20. The molecule has 0 saturated heterocycles. The largest absolute Gasteiger partial charge is 0.343 e. The molecule has 2 aromatic carbocycles. The van der Waals surface area contributed by atoms with Gasteiger partial charge in [0, 0.05) is 18.9 Å². The molecule has 0 aliphatic carbocycles. The van der Waals surface area contributed by atoms with Gasteiger partial charge in [0.25, 0.3) is 5.56 Å². The van der Waals surface area contributed by atoms with Gasteiger partial charge in [-0.1, -0.05) is 0 Å². The second-order valence-corrected chi connectivity index (χ2v) is 8.62. The standard InChI is InChI=1S/C28H27F2N5O2/c1-18(31-2)27(36)33-25-12-13-26(20-4-6-21(29)7-5-20)35(28(25)37)17-19-14-24(16-32-15-19)34(3)23-10-8-22(30)9-11-23/h4-16,18,31H,17H2,1-3H3,(H,33,36)/t18-/m0/s1. The molecule has 0 fully saturated rings. The molecule has 37 heavy (non-hydrogen) atoms. The fourth-order valence-electron chi connectivity index (χ4n) is 3.82. The molecule has 0 bridgehead atoms. The molecular weight excluding hydrogens is 476 g/mol. The van der Waals surface area contributed by atoms with E-state index in [0.717, 1.165) is 16.9 Å². The maximum absolute atomic E-state index is 13.6. The molecule has 1 atom stereocenters. The predicted molar refractivity (Wildman–Crippen MR) is 141 cm³/mol. The summed E-state index contributed by atoms with van der Waals surface area (Å²) in [5, 5.41) is 5.53. The van der Waals surface area contributed by atoms with Crippen molar-refractivity contribution in [3.63, 3.8) is 0 Å². The minimum Gasteiger partial charge on any atom is -0.343 e. The maximum atomic E-state index is 13.6. The molecule has 0 spiro atoms. The summed E-state index contributed by atoms with van der Waals surface area (Å²) in [6, 6.07) is 16.6.